The fourth-order valence-corrected chi connectivity index (χ4v) is 4.09. The molecule has 0 bridgehead atoms. The van der Waals surface area contributed by atoms with Crippen molar-refractivity contribution in [3.05, 3.63) is 70.7 Å². The van der Waals surface area contributed by atoms with Gasteiger partial charge < -0.3 is 5.32 Å². The van der Waals surface area contributed by atoms with E-state index in [0.717, 1.165) is 21.3 Å². The first-order valence-corrected chi connectivity index (χ1v) is 10.6. The summed E-state index contributed by atoms with van der Waals surface area (Å²) < 4.78 is 25.4. The van der Waals surface area contributed by atoms with Gasteiger partial charge in [0.05, 0.1) is 11.9 Å². The highest BCUT2D eigenvalue weighted by Crippen LogP contribution is 2.27. The first kappa shape index (κ1) is 19.5. The highest BCUT2D eigenvalue weighted by molar-refractivity contribution is 7.92. The fourth-order valence-electron chi connectivity index (χ4n) is 2.74. The van der Waals surface area contributed by atoms with Crippen molar-refractivity contribution in [2.45, 2.75) is 0 Å². The lowest BCUT2D eigenvalue weighted by molar-refractivity contribution is -0.114. The van der Waals surface area contributed by atoms with E-state index >= 15 is 0 Å². The van der Waals surface area contributed by atoms with Crippen molar-refractivity contribution >= 4 is 61.3 Å². The Morgan fingerprint density at radius 1 is 1.00 bits per heavy atom. The molecule has 0 atom stereocenters. The number of hydrogen-bond acceptors (Lipinski definition) is 3. The number of carbonyl (C=O) groups is 1. The highest BCUT2D eigenvalue weighted by atomic mass is 35.5. The summed E-state index contributed by atoms with van der Waals surface area (Å²) in [4.78, 5) is 12.6. The van der Waals surface area contributed by atoms with E-state index in [1.807, 2.05) is 36.4 Å². The van der Waals surface area contributed by atoms with Gasteiger partial charge >= 0.3 is 0 Å². The zero-order chi connectivity index (χ0) is 19.6. The summed E-state index contributed by atoms with van der Waals surface area (Å²) in [6.45, 7) is -0.404. The van der Waals surface area contributed by atoms with Crippen LogP contribution in [0.5, 0.6) is 0 Å². The fraction of sp³-hybridized carbons (Fsp3) is 0.105. The second-order valence-electron chi connectivity index (χ2n) is 5.97. The minimum Gasteiger partial charge on any atom is -0.324 e. The number of halogens is 2. The van der Waals surface area contributed by atoms with Gasteiger partial charge in [-0.15, -0.1) is 0 Å². The molecule has 3 aromatic carbocycles. The van der Waals surface area contributed by atoms with E-state index in [1.54, 1.807) is 6.07 Å². The van der Waals surface area contributed by atoms with Crippen LogP contribution in [0.15, 0.2) is 60.7 Å². The van der Waals surface area contributed by atoms with Gasteiger partial charge in [-0.05, 0) is 29.7 Å². The minimum atomic E-state index is -3.73. The Balaban J connectivity index is 1.89. The number of hydrogen-bond donors (Lipinski definition) is 1. The van der Waals surface area contributed by atoms with Gasteiger partial charge in [0.1, 0.15) is 6.54 Å². The van der Waals surface area contributed by atoms with Gasteiger partial charge in [0.2, 0.25) is 15.9 Å². The first-order chi connectivity index (χ1) is 12.7. The Hall–Kier alpha value is -2.28. The zero-order valence-electron chi connectivity index (χ0n) is 14.3. The smallest absolute Gasteiger partial charge is 0.245 e. The Labute approximate surface area is 167 Å². The molecule has 3 aromatic rings. The van der Waals surface area contributed by atoms with Crippen molar-refractivity contribution in [2.75, 3.05) is 22.4 Å². The lowest BCUT2D eigenvalue weighted by atomic mass is 10.1. The molecular weight excluding hydrogens is 407 g/mol. The molecule has 5 nitrogen and oxygen atoms in total. The standard InChI is InChI=1S/C19H16Cl2N2O3S/c1-27(25,26)23(16-10-14(20)9-15(21)11-16)12-19(24)22-18-8-4-6-13-5-2-3-7-17(13)18/h2-11H,12H2,1H3,(H,22,24). The number of nitrogens with one attached hydrogen (secondary N) is 1. The van der Waals surface area contributed by atoms with Crippen LogP contribution < -0.4 is 9.62 Å². The number of sulfonamides is 1. The zero-order valence-corrected chi connectivity index (χ0v) is 16.6. The molecule has 1 amide bonds. The molecule has 3 rings (SSSR count). The molecule has 0 aliphatic carbocycles. The Bertz CT molecular complexity index is 1090. The van der Waals surface area contributed by atoms with E-state index < -0.39 is 22.5 Å². The number of amides is 1. The molecule has 0 aromatic heterocycles. The van der Waals surface area contributed by atoms with Crippen LogP contribution in [0.2, 0.25) is 10.0 Å². The molecule has 140 valence electrons. The molecule has 0 aliphatic heterocycles. The molecule has 1 N–H and O–H groups in total. The van der Waals surface area contributed by atoms with Crippen molar-refractivity contribution in [3.8, 4) is 0 Å². The molecule has 0 aliphatic rings. The number of nitrogens with zero attached hydrogens (tertiary/aromatic N) is 1. The van der Waals surface area contributed by atoms with Crippen LogP contribution in [0.3, 0.4) is 0 Å². The second kappa shape index (κ2) is 7.76. The number of fused-ring (bicyclic) bond motifs is 1. The van der Waals surface area contributed by atoms with Gasteiger partial charge in [0.25, 0.3) is 0 Å². The van der Waals surface area contributed by atoms with Crippen LogP contribution in [-0.4, -0.2) is 27.1 Å². The molecule has 0 radical (unpaired) electrons. The molecule has 0 saturated carbocycles. The average Bonchev–Trinajstić information content (AvgIpc) is 2.58. The lowest BCUT2D eigenvalue weighted by Gasteiger charge is -2.22. The van der Waals surface area contributed by atoms with Crippen molar-refractivity contribution in [3.63, 3.8) is 0 Å². The third kappa shape index (κ3) is 4.71. The van der Waals surface area contributed by atoms with Crippen LogP contribution >= 0.6 is 23.2 Å². The molecule has 0 spiro atoms. The van der Waals surface area contributed by atoms with E-state index in [-0.39, 0.29) is 15.7 Å². The van der Waals surface area contributed by atoms with Crippen LogP contribution in [0.25, 0.3) is 10.8 Å². The van der Waals surface area contributed by atoms with Gasteiger partial charge in [0, 0.05) is 21.1 Å². The van der Waals surface area contributed by atoms with Gasteiger partial charge in [-0.1, -0.05) is 59.6 Å². The topological polar surface area (TPSA) is 66.5 Å². The van der Waals surface area contributed by atoms with E-state index in [2.05, 4.69) is 5.32 Å². The van der Waals surface area contributed by atoms with E-state index in [0.29, 0.717) is 5.69 Å². The summed E-state index contributed by atoms with van der Waals surface area (Å²) in [5.41, 5.74) is 0.832. The van der Waals surface area contributed by atoms with Crippen LogP contribution in [-0.2, 0) is 14.8 Å². The monoisotopic (exact) mass is 422 g/mol. The third-order valence-corrected chi connectivity index (χ3v) is 5.46. The quantitative estimate of drug-likeness (QED) is 0.655. The summed E-state index contributed by atoms with van der Waals surface area (Å²) in [5, 5.41) is 5.17. The maximum absolute atomic E-state index is 12.6. The van der Waals surface area contributed by atoms with E-state index in [1.165, 1.54) is 18.2 Å². The minimum absolute atomic E-state index is 0.225. The Kier molecular flexibility index (Phi) is 5.60. The summed E-state index contributed by atoms with van der Waals surface area (Å²) in [6.07, 6.45) is 1.02. The molecule has 27 heavy (non-hydrogen) atoms. The van der Waals surface area contributed by atoms with Gasteiger partial charge in [-0.2, -0.15) is 0 Å². The predicted octanol–water partition coefficient (Wildman–Crippen LogP) is 4.55. The maximum Gasteiger partial charge on any atom is 0.245 e. The first-order valence-electron chi connectivity index (χ1n) is 7.95. The normalized spacial score (nSPS) is 11.4. The Morgan fingerprint density at radius 3 is 2.30 bits per heavy atom. The second-order valence-corrected chi connectivity index (χ2v) is 8.75. The molecule has 0 unspecified atom stereocenters. The summed E-state index contributed by atoms with van der Waals surface area (Å²) in [7, 11) is -3.73. The number of benzene rings is 3. The van der Waals surface area contributed by atoms with Crippen LogP contribution in [0, 0.1) is 0 Å². The SMILES string of the molecule is CS(=O)(=O)N(CC(=O)Nc1cccc2ccccc12)c1cc(Cl)cc(Cl)c1. The van der Waals surface area contributed by atoms with Crippen LogP contribution in [0.4, 0.5) is 11.4 Å². The van der Waals surface area contributed by atoms with Crippen molar-refractivity contribution in [1.82, 2.24) is 0 Å². The summed E-state index contributed by atoms with van der Waals surface area (Å²) >= 11 is 11.9. The average molecular weight is 423 g/mol. The van der Waals surface area contributed by atoms with Crippen molar-refractivity contribution in [2.24, 2.45) is 0 Å². The molecule has 0 saturated heterocycles. The lowest BCUT2D eigenvalue weighted by Crippen LogP contribution is -2.37. The Morgan fingerprint density at radius 2 is 1.63 bits per heavy atom. The third-order valence-electron chi connectivity index (χ3n) is 3.89. The predicted molar refractivity (Wildman–Crippen MR) is 111 cm³/mol. The summed E-state index contributed by atoms with van der Waals surface area (Å²) in [5.74, 6) is -0.479. The largest absolute Gasteiger partial charge is 0.324 e. The maximum atomic E-state index is 12.6. The molecule has 0 heterocycles. The van der Waals surface area contributed by atoms with Gasteiger partial charge in [0.15, 0.2) is 0 Å². The van der Waals surface area contributed by atoms with Gasteiger partial charge in [-0.3, -0.25) is 9.10 Å². The van der Waals surface area contributed by atoms with Crippen molar-refractivity contribution < 1.29 is 13.2 Å². The number of carbonyl (C=O) groups excluding carboxylic acids is 1. The van der Waals surface area contributed by atoms with E-state index in [9.17, 15) is 13.2 Å². The summed E-state index contributed by atoms with van der Waals surface area (Å²) in [6, 6.07) is 17.5. The van der Waals surface area contributed by atoms with Crippen LogP contribution in [0.1, 0.15) is 0 Å². The highest BCUT2D eigenvalue weighted by Gasteiger charge is 2.22. The molecular formula is C19H16Cl2N2O3S. The number of anilines is 2. The molecule has 0 fully saturated rings. The van der Waals surface area contributed by atoms with E-state index in [4.69, 9.17) is 23.2 Å². The number of rotatable bonds is 5. The molecule has 8 heteroatoms. The van der Waals surface area contributed by atoms with Crippen molar-refractivity contribution in [1.29, 1.82) is 0 Å². The van der Waals surface area contributed by atoms with Gasteiger partial charge in [-0.25, -0.2) is 8.42 Å².